The highest BCUT2D eigenvalue weighted by atomic mass is 32.1. The fourth-order valence-electron chi connectivity index (χ4n) is 3.80. The average molecular weight is 464 g/mol. The minimum absolute atomic E-state index is 0.142. The number of hydrogen-bond acceptors (Lipinski definition) is 6. The third-order valence-electron chi connectivity index (χ3n) is 5.37. The summed E-state index contributed by atoms with van der Waals surface area (Å²) in [5, 5.41) is 7.83. The lowest BCUT2D eigenvalue weighted by Crippen LogP contribution is -2.38. The van der Waals surface area contributed by atoms with E-state index < -0.39 is 5.97 Å². The Morgan fingerprint density at radius 1 is 1.06 bits per heavy atom. The van der Waals surface area contributed by atoms with Gasteiger partial charge in [0.15, 0.2) is 5.11 Å². The van der Waals surface area contributed by atoms with Crippen LogP contribution in [0.25, 0.3) is 10.8 Å². The minimum Gasteiger partial charge on any atom is -0.462 e. The van der Waals surface area contributed by atoms with E-state index in [4.69, 9.17) is 21.7 Å². The molecule has 0 aliphatic carbocycles. The van der Waals surface area contributed by atoms with E-state index >= 15 is 0 Å². The number of anilines is 2. The van der Waals surface area contributed by atoms with Gasteiger partial charge in [-0.3, -0.25) is 10.1 Å². The molecule has 1 heterocycles. The molecule has 1 amide bonds. The van der Waals surface area contributed by atoms with Crippen LogP contribution in [0.4, 0.5) is 11.4 Å². The molecule has 0 unspecified atom stereocenters. The van der Waals surface area contributed by atoms with Crippen molar-refractivity contribution in [1.29, 1.82) is 0 Å². The van der Waals surface area contributed by atoms with Gasteiger partial charge in [-0.1, -0.05) is 36.4 Å². The first-order chi connectivity index (χ1) is 16.1. The third kappa shape index (κ3) is 5.30. The van der Waals surface area contributed by atoms with Crippen LogP contribution in [0.1, 0.15) is 27.6 Å². The summed E-state index contributed by atoms with van der Waals surface area (Å²) in [6.45, 7) is 4.69. The van der Waals surface area contributed by atoms with Crippen LogP contribution in [0.15, 0.2) is 60.7 Å². The summed E-state index contributed by atoms with van der Waals surface area (Å²) < 4.78 is 10.6. The molecule has 3 aromatic carbocycles. The van der Waals surface area contributed by atoms with Crippen molar-refractivity contribution >= 4 is 51.4 Å². The minimum atomic E-state index is -0.417. The second-order valence-electron chi connectivity index (χ2n) is 7.49. The molecular formula is C25H25N3O4S. The quantitative estimate of drug-likeness (QED) is 0.438. The maximum atomic E-state index is 13.0. The van der Waals surface area contributed by atoms with Gasteiger partial charge in [-0.05, 0) is 54.2 Å². The zero-order valence-corrected chi connectivity index (χ0v) is 19.1. The lowest BCUT2D eigenvalue weighted by atomic mass is 10.0. The molecule has 3 aromatic rings. The van der Waals surface area contributed by atoms with Crippen molar-refractivity contribution in [1.82, 2.24) is 5.32 Å². The Morgan fingerprint density at radius 2 is 1.82 bits per heavy atom. The number of nitrogens with one attached hydrogen (secondary N) is 2. The molecule has 0 radical (unpaired) electrons. The maximum Gasteiger partial charge on any atom is 0.338 e. The largest absolute Gasteiger partial charge is 0.462 e. The van der Waals surface area contributed by atoms with Crippen LogP contribution in [-0.2, 0) is 9.47 Å². The first-order valence-corrected chi connectivity index (χ1v) is 11.2. The van der Waals surface area contributed by atoms with E-state index in [0.29, 0.717) is 43.1 Å². The van der Waals surface area contributed by atoms with Crippen molar-refractivity contribution in [3.05, 3.63) is 71.8 Å². The summed E-state index contributed by atoms with van der Waals surface area (Å²) in [6.07, 6.45) is 0. The monoisotopic (exact) mass is 463 g/mol. The molecule has 33 heavy (non-hydrogen) atoms. The lowest BCUT2D eigenvalue weighted by Gasteiger charge is -2.31. The number of thiocarbonyl (C=S) groups is 1. The van der Waals surface area contributed by atoms with Gasteiger partial charge < -0.3 is 19.7 Å². The van der Waals surface area contributed by atoms with Crippen LogP contribution in [0.3, 0.4) is 0 Å². The summed E-state index contributed by atoms with van der Waals surface area (Å²) in [5.41, 5.74) is 2.42. The number of nitrogens with zero attached hydrogens (tertiary/aromatic N) is 1. The van der Waals surface area contributed by atoms with Gasteiger partial charge in [0.2, 0.25) is 0 Å². The van der Waals surface area contributed by atoms with Crippen LogP contribution in [0.2, 0.25) is 0 Å². The number of fused-ring (bicyclic) bond motifs is 1. The van der Waals surface area contributed by atoms with E-state index in [-0.39, 0.29) is 17.6 Å². The van der Waals surface area contributed by atoms with Gasteiger partial charge in [-0.15, -0.1) is 0 Å². The first-order valence-electron chi connectivity index (χ1n) is 10.8. The molecule has 7 nitrogen and oxygen atoms in total. The summed E-state index contributed by atoms with van der Waals surface area (Å²) in [7, 11) is 0. The molecule has 8 heteroatoms. The topological polar surface area (TPSA) is 79.9 Å². The molecule has 1 aliphatic rings. The molecule has 0 spiro atoms. The van der Waals surface area contributed by atoms with E-state index in [1.54, 1.807) is 25.1 Å². The highest BCUT2D eigenvalue weighted by molar-refractivity contribution is 7.80. The molecule has 0 saturated carbocycles. The number of benzene rings is 3. The molecule has 0 atom stereocenters. The van der Waals surface area contributed by atoms with Gasteiger partial charge in [-0.25, -0.2) is 4.79 Å². The van der Waals surface area contributed by atoms with Crippen molar-refractivity contribution < 1.29 is 19.1 Å². The van der Waals surface area contributed by atoms with Crippen LogP contribution < -0.4 is 15.5 Å². The molecule has 2 N–H and O–H groups in total. The van der Waals surface area contributed by atoms with Crippen LogP contribution >= 0.6 is 12.2 Å². The Hall–Kier alpha value is -3.49. The van der Waals surface area contributed by atoms with Gasteiger partial charge in [0.25, 0.3) is 5.91 Å². The van der Waals surface area contributed by atoms with Crippen molar-refractivity contribution in [3.63, 3.8) is 0 Å². The maximum absolute atomic E-state index is 13.0. The number of rotatable bonds is 5. The van der Waals surface area contributed by atoms with E-state index in [0.717, 1.165) is 16.5 Å². The second kappa shape index (κ2) is 10.4. The molecule has 0 bridgehead atoms. The van der Waals surface area contributed by atoms with Crippen molar-refractivity contribution in [2.75, 3.05) is 43.1 Å². The summed E-state index contributed by atoms with van der Waals surface area (Å²) >= 11 is 5.45. The van der Waals surface area contributed by atoms with Crippen molar-refractivity contribution in [2.45, 2.75) is 6.92 Å². The molecule has 170 valence electrons. The van der Waals surface area contributed by atoms with Gasteiger partial charge in [-0.2, -0.15) is 0 Å². The first kappa shape index (κ1) is 22.7. The number of carbonyl (C=O) groups excluding carboxylic acids is 2. The second-order valence-corrected chi connectivity index (χ2v) is 7.90. The molecule has 0 aromatic heterocycles. The van der Waals surface area contributed by atoms with E-state index in [2.05, 4.69) is 15.5 Å². The van der Waals surface area contributed by atoms with Crippen LogP contribution in [-0.4, -0.2) is 49.9 Å². The Kier molecular flexibility index (Phi) is 7.16. The van der Waals surface area contributed by atoms with Crippen molar-refractivity contribution in [2.24, 2.45) is 0 Å². The van der Waals surface area contributed by atoms with E-state index in [9.17, 15) is 9.59 Å². The fourth-order valence-corrected chi connectivity index (χ4v) is 4.01. The van der Waals surface area contributed by atoms with Crippen LogP contribution in [0, 0.1) is 0 Å². The summed E-state index contributed by atoms with van der Waals surface area (Å²) in [5.74, 6) is -0.724. The highest BCUT2D eigenvalue weighted by Crippen LogP contribution is 2.28. The Balaban J connectivity index is 1.56. The zero-order valence-electron chi connectivity index (χ0n) is 18.3. The summed E-state index contributed by atoms with van der Waals surface area (Å²) in [4.78, 5) is 27.4. The Labute approximate surface area is 197 Å². The highest BCUT2D eigenvalue weighted by Gasteiger charge is 2.19. The van der Waals surface area contributed by atoms with Gasteiger partial charge in [0.1, 0.15) is 0 Å². The Morgan fingerprint density at radius 3 is 2.61 bits per heavy atom. The predicted octanol–water partition coefficient (Wildman–Crippen LogP) is 3.98. The average Bonchev–Trinajstić information content (AvgIpc) is 2.84. The number of hydrogen-bond donors (Lipinski definition) is 2. The number of amides is 1. The molecule has 4 rings (SSSR count). The van der Waals surface area contributed by atoms with Gasteiger partial charge in [0, 0.05) is 18.7 Å². The molecule has 1 fully saturated rings. The lowest BCUT2D eigenvalue weighted by molar-refractivity contribution is 0.0526. The standard InChI is InChI=1S/C25H25N3O4S/c1-2-32-24(30)18-10-11-22(28-12-14-31-15-13-28)21(16-18)26-25(33)27-23(29)20-9-5-7-17-6-3-4-8-19(17)20/h3-11,16H,2,12-15H2,1H3,(H2,26,27,29,33). The van der Waals surface area contributed by atoms with Crippen molar-refractivity contribution in [3.8, 4) is 0 Å². The molecule has 1 saturated heterocycles. The predicted molar refractivity (Wildman–Crippen MR) is 133 cm³/mol. The number of ether oxygens (including phenoxy) is 2. The fraction of sp³-hybridized carbons (Fsp3) is 0.240. The third-order valence-corrected chi connectivity index (χ3v) is 5.57. The molecule has 1 aliphatic heterocycles. The normalized spacial score (nSPS) is 13.4. The number of carbonyl (C=O) groups is 2. The number of esters is 1. The van der Waals surface area contributed by atoms with Gasteiger partial charge >= 0.3 is 5.97 Å². The summed E-state index contributed by atoms with van der Waals surface area (Å²) in [6, 6.07) is 18.5. The van der Waals surface area contributed by atoms with E-state index in [1.165, 1.54) is 0 Å². The van der Waals surface area contributed by atoms with Crippen LogP contribution in [0.5, 0.6) is 0 Å². The molecular weight excluding hydrogens is 438 g/mol. The van der Waals surface area contributed by atoms with E-state index in [1.807, 2.05) is 42.5 Å². The zero-order chi connectivity index (χ0) is 23.2. The Bertz CT molecular complexity index is 1190. The SMILES string of the molecule is CCOC(=O)c1ccc(N2CCOCC2)c(NC(=S)NC(=O)c2cccc3ccccc23)c1. The smallest absolute Gasteiger partial charge is 0.338 e. The number of morpholine rings is 1. The van der Waals surface area contributed by atoms with Gasteiger partial charge in [0.05, 0.1) is 36.8 Å².